The molecule has 0 aromatic heterocycles. The molecule has 5 heteroatoms. The van der Waals surface area contributed by atoms with Crippen LogP contribution in [0, 0.1) is 0 Å². The summed E-state index contributed by atoms with van der Waals surface area (Å²) < 4.78 is 0. The summed E-state index contributed by atoms with van der Waals surface area (Å²) in [7, 11) is 0. The van der Waals surface area contributed by atoms with Crippen LogP contribution in [0.3, 0.4) is 0 Å². The fourth-order valence-electron chi connectivity index (χ4n) is 3.10. The molecule has 1 atom stereocenters. The number of likely N-dealkylation sites (N-methyl/N-ethyl adjacent to an activating group) is 1. The topological polar surface area (TPSA) is 82.1 Å². The third-order valence-electron chi connectivity index (χ3n) is 4.44. The number of hydrogen-bond acceptors (Lipinski definition) is 4. The number of amidine groups is 1. The Hall–Kier alpha value is -2.11. The summed E-state index contributed by atoms with van der Waals surface area (Å²) in [5.41, 5.74) is 7.81. The van der Waals surface area contributed by atoms with E-state index in [4.69, 9.17) is 10.9 Å². The smallest absolute Gasteiger partial charge is 0.143 e. The van der Waals surface area contributed by atoms with Gasteiger partial charge in [-0.2, -0.15) is 0 Å². The van der Waals surface area contributed by atoms with Crippen LogP contribution in [0.2, 0.25) is 0 Å². The average molecular weight is 329 g/mol. The third kappa shape index (κ3) is 4.46. The number of aliphatic hydroxyl groups is 1. The fourth-order valence-corrected chi connectivity index (χ4v) is 3.10. The lowest BCUT2D eigenvalue weighted by Gasteiger charge is -2.23. The molecule has 0 heterocycles. The number of fused-ring (bicyclic) bond motifs is 1. The molecule has 2 aromatic carbocycles. The molecule has 2 rings (SSSR count). The Morgan fingerprint density at radius 1 is 1.17 bits per heavy atom. The van der Waals surface area contributed by atoms with Crippen molar-refractivity contribution in [2.24, 2.45) is 10.9 Å². The molecule has 2 aromatic rings. The van der Waals surface area contributed by atoms with Crippen LogP contribution in [-0.4, -0.2) is 46.8 Å². The van der Waals surface area contributed by atoms with Crippen molar-refractivity contribution < 1.29 is 10.3 Å². The van der Waals surface area contributed by atoms with E-state index >= 15 is 0 Å². The highest BCUT2D eigenvalue weighted by atomic mass is 16.4. The molecule has 0 saturated heterocycles. The van der Waals surface area contributed by atoms with Gasteiger partial charge in [0.05, 0.1) is 6.10 Å². The number of hydrogen-bond donors (Lipinski definition) is 3. The molecule has 0 radical (unpaired) electrons. The average Bonchev–Trinajstić information content (AvgIpc) is 2.61. The summed E-state index contributed by atoms with van der Waals surface area (Å²) in [4.78, 5) is 2.20. The number of nitrogens with zero attached hydrogens (tertiary/aromatic N) is 2. The Balaban J connectivity index is 2.33. The molecule has 4 N–H and O–H groups in total. The second-order valence-corrected chi connectivity index (χ2v) is 6.04. The van der Waals surface area contributed by atoms with Crippen molar-refractivity contribution in [1.82, 2.24) is 4.90 Å². The van der Waals surface area contributed by atoms with Crippen molar-refractivity contribution in [3.05, 3.63) is 47.5 Å². The van der Waals surface area contributed by atoms with Crippen molar-refractivity contribution in [3.63, 3.8) is 0 Å². The summed E-state index contributed by atoms with van der Waals surface area (Å²) >= 11 is 0. The Kier molecular flexibility index (Phi) is 6.58. The highest BCUT2D eigenvalue weighted by molar-refractivity contribution is 5.92. The van der Waals surface area contributed by atoms with E-state index in [2.05, 4.69) is 30.0 Å². The molecule has 0 amide bonds. The van der Waals surface area contributed by atoms with Gasteiger partial charge >= 0.3 is 0 Å². The molecular weight excluding hydrogens is 302 g/mol. The summed E-state index contributed by atoms with van der Waals surface area (Å²) in [6.45, 7) is 6.67. The maximum Gasteiger partial charge on any atom is 0.143 e. The zero-order chi connectivity index (χ0) is 17.5. The van der Waals surface area contributed by atoms with E-state index in [9.17, 15) is 5.11 Å². The van der Waals surface area contributed by atoms with Crippen LogP contribution in [-0.2, 0) is 12.8 Å². The molecule has 0 fully saturated rings. The van der Waals surface area contributed by atoms with Crippen LogP contribution in [0.25, 0.3) is 10.8 Å². The molecule has 1 unspecified atom stereocenters. The van der Waals surface area contributed by atoms with Crippen molar-refractivity contribution in [2.45, 2.75) is 32.8 Å². The van der Waals surface area contributed by atoms with Crippen molar-refractivity contribution in [3.8, 4) is 0 Å². The molecule has 130 valence electrons. The summed E-state index contributed by atoms with van der Waals surface area (Å²) in [6, 6.07) is 12.1. The predicted octanol–water partition coefficient (Wildman–Crippen LogP) is 2.37. The first-order valence-corrected chi connectivity index (χ1v) is 8.45. The molecular formula is C19H27N3O2. The zero-order valence-electron chi connectivity index (χ0n) is 14.4. The Morgan fingerprint density at radius 2 is 1.88 bits per heavy atom. The minimum Gasteiger partial charge on any atom is -0.409 e. The summed E-state index contributed by atoms with van der Waals surface area (Å²) in [6.07, 6.45) is 0.470. The zero-order valence-corrected chi connectivity index (χ0v) is 14.4. The first-order chi connectivity index (χ1) is 11.6. The second kappa shape index (κ2) is 8.66. The summed E-state index contributed by atoms with van der Waals surface area (Å²) in [5.74, 6) is 0.172. The second-order valence-electron chi connectivity index (χ2n) is 6.04. The van der Waals surface area contributed by atoms with E-state index in [0.717, 1.165) is 35.0 Å². The van der Waals surface area contributed by atoms with Crippen molar-refractivity contribution in [1.29, 1.82) is 0 Å². The Bertz CT molecular complexity index is 696. The van der Waals surface area contributed by atoms with Gasteiger partial charge in [0, 0.05) is 13.0 Å². The van der Waals surface area contributed by atoms with Crippen LogP contribution in [0.15, 0.2) is 41.6 Å². The number of aliphatic hydroxyl groups excluding tert-OH is 1. The van der Waals surface area contributed by atoms with E-state index in [1.54, 1.807) is 0 Å². The van der Waals surface area contributed by atoms with Gasteiger partial charge in [-0.25, -0.2) is 0 Å². The molecule has 0 bridgehead atoms. The Labute approximate surface area is 143 Å². The normalized spacial score (nSPS) is 13.6. The van der Waals surface area contributed by atoms with Gasteiger partial charge < -0.3 is 20.9 Å². The van der Waals surface area contributed by atoms with E-state index in [1.807, 2.05) is 30.3 Å². The molecule has 24 heavy (non-hydrogen) atoms. The first-order valence-electron chi connectivity index (χ1n) is 8.45. The maximum atomic E-state index is 10.5. The van der Waals surface area contributed by atoms with Crippen LogP contribution in [0.4, 0.5) is 0 Å². The quantitative estimate of drug-likeness (QED) is 0.300. The molecule has 0 aliphatic rings. The van der Waals surface area contributed by atoms with Crippen LogP contribution in [0.5, 0.6) is 0 Å². The van der Waals surface area contributed by atoms with E-state index < -0.39 is 6.10 Å². The van der Waals surface area contributed by atoms with Gasteiger partial charge in [0.15, 0.2) is 0 Å². The van der Waals surface area contributed by atoms with Gasteiger partial charge in [-0.15, -0.1) is 0 Å². The third-order valence-corrected chi connectivity index (χ3v) is 4.44. The monoisotopic (exact) mass is 329 g/mol. The number of rotatable bonds is 8. The number of oxime groups is 1. The van der Waals surface area contributed by atoms with E-state index in [1.165, 1.54) is 0 Å². The number of nitrogens with two attached hydrogens (primary N) is 1. The minimum absolute atomic E-state index is 0.172. The van der Waals surface area contributed by atoms with Crippen LogP contribution in [0.1, 0.15) is 25.0 Å². The van der Waals surface area contributed by atoms with Crippen LogP contribution < -0.4 is 5.73 Å². The Morgan fingerprint density at radius 3 is 2.54 bits per heavy atom. The molecule has 5 nitrogen and oxygen atoms in total. The van der Waals surface area contributed by atoms with E-state index in [-0.39, 0.29) is 5.84 Å². The lowest BCUT2D eigenvalue weighted by atomic mass is 9.93. The fraction of sp³-hybridized carbons (Fsp3) is 0.421. The highest BCUT2D eigenvalue weighted by Crippen LogP contribution is 2.24. The van der Waals surface area contributed by atoms with Crippen molar-refractivity contribution in [2.75, 3.05) is 19.6 Å². The lowest BCUT2D eigenvalue weighted by molar-refractivity contribution is 0.118. The number of benzene rings is 2. The highest BCUT2D eigenvalue weighted by Gasteiger charge is 2.15. The minimum atomic E-state index is -0.447. The van der Waals surface area contributed by atoms with Gasteiger partial charge in [0.25, 0.3) is 0 Å². The van der Waals surface area contributed by atoms with Gasteiger partial charge in [-0.1, -0.05) is 55.4 Å². The molecule has 0 saturated carbocycles. The van der Waals surface area contributed by atoms with Gasteiger partial charge in [0.1, 0.15) is 5.84 Å². The van der Waals surface area contributed by atoms with E-state index in [0.29, 0.717) is 19.4 Å². The summed E-state index contributed by atoms with van der Waals surface area (Å²) in [5, 5.41) is 24.7. The predicted molar refractivity (Wildman–Crippen MR) is 98.6 cm³/mol. The van der Waals surface area contributed by atoms with Gasteiger partial charge in [-0.05, 0) is 41.4 Å². The van der Waals surface area contributed by atoms with Gasteiger partial charge in [0.2, 0.25) is 0 Å². The largest absolute Gasteiger partial charge is 0.409 e. The first kappa shape index (κ1) is 18.2. The SMILES string of the molecule is CCN(CC)CC(O)Cc1ccc2ccccc2c1CC(N)=NO. The lowest BCUT2D eigenvalue weighted by Crippen LogP contribution is -2.33. The van der Waals surface area contributed by atoms with Gasteiger partial charge in [-0.3, -0.25) is 0 Å². The molecule has 0 aliphatic heterocycles. The molecule has 0 spiro atoms. The standard InChI is InChI=1S/C19H27N3O2/c1-3-22(4-2)13-16(23)11-15-10-9-14-7-5-6-8-17(14)18(15)12-19(20)21-24/h5-10,16,23-24H,3-4,11-13H2,1-2H3,(H2,20,21). The molecule has 0 aliphatic carbocycles. The van der Waals surface area contributed by atoms with Crippen LogP contribution >= 0.6 is 0 Å². The van der Waals surface area contributed by atoms with Crippen molar-refractivity contribution >= 4 is 16.6 Å². The maximum absolute atomic E-state index is 10.5.